The summed E-state index contributed by atoms with van der Waals surface area (Å²) in [7, 11) is 0. The van der Waals surface area contributed by atoms with Gasteiger partial charge in [0.2, 0.25) is 0 Å². The Kier molecular flexibility index (Phi) is 4.46. The molecule has 0 saturated heterocycles. The van der Waals surface area contributed by atoms with Crippen molar-refractivity contribution in [1.29, 1.82) is 0 Å². The summed E-state index contributed by atoms with van der Waals surface area (Å²) in [6.07, 6.45) is 2.48. The number of benzene rings is 1. The van der Waals surface area contributed by atoms with Crippen molar-refractivity contribution in [2.75, 3.05) is 0 Å². The number of carbonyl (C=O) groups excluding carboxylic acids is 1. The highest BCUT2D eigenvalue weighted by atomic mass is 35.5. The Morgan fingerprint density at radius 2 is 2.06 bits per heavy atom. The van der Waals surface area contributed by atoms with Crippen molar-refractivity contribution in [1.82, 2.24) is 0 Å². The molecule has 1 aromatic rings. The molecule has 0 radical (unpaired) electrons. The van der Waals surface area contributed by atoms with Gasteiger partial charge in [0.05, 0.1) is 0 Å². The molecular formula is C13H13ClO3. The van der Waals surface area contributed by atoms with E-state index < -0.39 is 11.3 Å². The van der Waals surface area contributed by atoms with Gasteiger partial charge in [-0.3, -0.25) is 4.79 Å². The van der Waals surface area contributed by atoms with Crippen LogP contribution in [0.5, 0.6) is 0 Å². The molecule has 1 unspecified atom stereocenters. The minimum atomic E-state index is -1.04. The number of alkyl halides is 1. The van der Waals surface area contributed by atoms with Gasteiger partial charge in [0.25, 0.3) is 0 Å². The van der Waals surface area contributed by atoms with E-state index in [1.807, 2.05) is 13.0 Å². The van der Waals surface area contributed by atoms with Crippen LogP contribution in [-0.4, -0.2) is 16.9 Å². The van der Waals surface area contributed by atoms with Crippen molar-refractivity contribution < 1.29 is 14.7 Å². The molecule has 4 heteroatoms. The molecular weight excluding hydrogens is 240 g/mol. The first-order chi connectivity index (χ1) is 7.91. The summed E-state index contributed by atoms with van der Waals surface area (Å²) in [5.41, 5.74) is 2.26. The van der Waals surface area contributed by atoms with Crippen molar-refractivity contribution in [3.05, 3.63) is 41.0 Å². The Hall–Kier alpha value is -1.61. The largest absolute Gasteiger partial charge is 0.478 e. The highest BCUT2D eigenvalue weighted by molar-refractivity contribution is 6.31. The third kappa shape index (κ3) is 3.71. The van der Waals surface area contributed by atoms with E-state index >= 15 is 0 Å². The molecule has 0 fully saturated rings. The molecule has 0 bridgehead atoms. The summed E-state index contributed by atoms with van der Waals surface area (Å²) >= 11 is 5.98. The van der Waals surface area contributed by atoms with E-state index in [0.717, 1.165) is 11.6 Å². The average molecular weight is 253 g/mol. The van der Waals surface area contributed by atoms with E-state index in [4.69, 9.17) is 16.7 Å². The molecule has 0 aromatic heterocycles. The van der Waals surface area contributed by atoms with Gasteiger partial charge >= 0.3 is 5.97 Å². The molecule has 3 nitrogen and oxygen atoms in total. The van der Waals surface area contributed by atoms with E-state index in [9.17, 15) is 9.59 Å². The second-order valence-corrected chi connectivity index (χ2v) is 4.21. The van der Waals surface area contributed by atoms with Crippen LogP contribution in [0, 0.1) is 6.92 Å². The van der Waals surface area contributed by atoms with Crippen LogP contribution >= 0.6 is 11.6 Å². The van der Waals surface area contributed by atoms with Crippen LogP contribution in [0.4, 0.5) is 0 Å². The number of rotatable bonds is 4. The summed E-state index contributed by atoms with van der Waals surface area (Å²) < 4.78 is 0. The maximum atomic E-state index is 11.2. The highest BCUT2D eigenvalue weighted by Gasteiger charge is 2.15. The van der Waals surface area contributed by atoms with E-state index in [2.05, 4.69) is 0 Å². The van der Waals surface area contributed by atoms with E-state index in [1.54, 1.807) is 12.1 Å². The lowest BCUT2D eigenvalue weighted by atomic mass is 9.99. The lowest BCUT2D eigenvalue weighted by molar-refractivity contribution is -0.131. The Balaban J connectivity index is 3.21. The minimum Gasteiger partial charge on any atom is -0.478 e. The number of carboxylic acids is 1. The van der Waals surface area contributed by atoms with Gasteiger partial charge in [0.1, 0.15) is 5.38 Å². The number of hydrogen-bond donors (Lipinski definition) is 1. The zero-order chi connectivity index (χ0) is 13.0. The molecule has 0 aliphatic rings. The molecule has 1 atom stereocenters. The summed E-state index contributed by atoms with van der Waals surface area (Å²) in [5.74, 6) is -1.20. The summed E-state index contributed by atoms with van der Waals surface area (Å²) in [4.78, 5) is 21.7. The number of ketones is 1. The Labute approximate surface area is 105 Å². The van der Waals surface area contributed by atoms with E-state index in [0.29, 0.717) is 11.1 Å². The van der Waals surface area contributed by atoms with Crippen LogP contribution in [0.3, 0.4) is 0 Å². The zero-order valence-corrected chi connectivity index (χ0v) is 10.4. The summed E-state index contributed by atoms with van der Waals surface area (Å²) in [5, 5.41) is 7.85. The number of hydrogen-bond acceptors (Lipinski definition) is 2. The number of carbonyl (C=O) groups is 2. The average Bonchev–Trinajstić information content (AvgIpc) is 2.25. The van der Waals surface area contributed by atoms with Gasteiger partial charge in [-0.1, -0.05) is 23.8 Å². The monoisotopic (exact) mass is 252 g/mol. The maximum Gasteiger partial charge on any atom is 0.328 e. The van der Waals surface area contributed by atoms with Crippen molar-refractivity contribution in [3.8, 4) is 0 Å². The van der Waals surface area contributed by atoms with Gasteiger partial charge in [0.15, 0.2) is 5.78 Å². The fraction of sp³-hybridized carbons (Fsp3) is 0.231. The van der Waals surface area contributed by atoms with Gasteiger partial charge in [-0.05, 0) is 31.1 Å². The molecule has 0 heterocycles. The van der Waals surface area contributed by atoms with Crippen molar-refractivity contribution in [2.45, 2.75) is 19.2 Å². The van der Waals surface area contributed by atoms with Crippen molar-refractivity contribution >= 4 is 29.4 Å². The Morgan fingerprint density at radius 3 is 2.59 bits per heavy atom. The number of Topliss-reactive ketones (excluding diaryl/α,β-unsaturated/α-hetero) is 1. The first kappa shape index (κ1) is 13.5. The number of aryl methyl sites for hydroxylation is 1. The summed E-state index contributed by atoms with van der Waals surface area (Å²) in [6, 6.07) is 5.38. The smallest absolute Gasteiger partial charge is 0.328 e. The highest BCUT2D eigenvalue weighted by Crippen LogP contribution is 2.26. The second-order valence-electron chi connectivity index (χ2n) is 3.78. The number of carboxylic acid groups (broad SMARTS) is 1. The fourth-order valence-corrected chi connectivity index (χ4v) is 1.65. The van der Waals surface area contributed by atoms with Crippen LogP contribution in [0.1, 0.15) is 29.0 Å². The first-order valence-corrected chi connectivity index (χ1v) is 5.51. The predicted molar refractivity (Wildman–Crippen MR) is 67.1 cm³/mol. The molecule has 17 heavy (non-hydrogen) atoms. The quantitative estimate of drug-likeness (QED) is 0.662. The summed E-state index contributed by atoms with van der Waals surface area (Å²) in [6.45, 7) is 3.29. The molecule has 0 saturated carbocycles. The van der Waals surface area contributed by atoms with Gasteiger partial charge in [-0.15, -0.1) is 11.6 Å². The maximum absolute atomic E-state index is 11.2. The Morgan fingerprint density at radius 1 is 1.41 bits per heavy atom. The normalized spacial score (nSPS) is 12.6. The second kappa shape index (κ2) is 5.64. The van der Waals surface area contributed by atoms with Gasteiger partial charge in [0, 0.05) is 6.08 Å². The van der Waals surface area contributed by atoms with Crippen LogP contribution in [0.25, 0.3) is 6.08 Å². The topological polar surface area (TPSA) is 54.4 Å². The first-order valence-electron chi connectivity index (χ1n) is 5.08. The van der Waals surface area contributed by atoms with E-state index in [-0.39, 0.29) is 5.78 Å². The van der Waals surface area contributed by atoms with Gasteiger partial charge in [-0.25, -0.2) is 4.79 Å². The Bertz CT molecular complexity index is 478. The van der Waals surface area contributed by atoms with Crippen LogP contribution in [0.15, 0.2) is 24.3 Å². The molecule has 90 valence electrons. The lowest BCUT2D eigenvalue weighted by Gasteiger charge is -2.10. The number of halogens is 1. The predicted octanol–water partition coefficient (Wildman–Crippen LogP) is 2.96. The molecule has 1 N–H and O–H groups in total. The molecule has 0 spiro atoms. The van der Waals surface area contributed by atoms with Gasteiger partial charge < -0.3 is 5.11 Å². The van der Waals surface area contributed by atoms with Gasteiger partial charge in [-0.2, -0.15) is 0 Å². The molecule has 1 rings (SSSR count). The van der Waals surface area contributed by atoms with Crippen LogP contribution in [-0.2, 0) is 9.59 Å². The third-order valence-electron chi connectivity index (χ3n) is 2.28. The van der Waals surface area contributed by atoms with E-state index in [1.165, 1.54) is 13.0 Å². The van der Waals surface area contributed by atoms with Crippen molar-refractivity contribution in [2.24, 2.45) is 0 Å². The zero-order valence-electron chi connectivity index (χ0n) is 9.61. The molecule has 0 amide bonds. The third-order valence-corrected chi connectivity index (χ3v) is 2.82. The van der Waals surface area contributed by atoms with Crippen LogP contribution < -0.4 is 0 Å². The fourth-order valence-electron chi connectivity index (χ4n) is 1.45. The minimum absolute atomic E-state index is 0.166. The molecule has 1 aromatic carbocycles. The van der Waals surface area contributed by atoms with Crippen LogP contribution in [0.2, 0.25) is 0 Å². The SMILES string of the molecule is CC(=O)C(Cl)c1ccc(C)cc1/C=C/C(=O)O. The van der Waals surface area contributed by atoms with Crippen molar-refractivity contribution in [3.63, 3.8) is 0 Å². The standard InChI is InChI=1S/C13H13ClO3/c1-8-3-5-11(13(14)9(2)15)10(7-8)4-6-12(16)17/h3-7,13H,1-2H3,(H,16,17)/b6-4+. The molecule has 0 aliphatic heterocycles. The number of aliphatic carboxylic acids is 1. The lowest BCUT2D eigenvalue weighted by Crippen LogP contribution is -2.04. The molecule has 0 aliphatic carbocycles.